The zero-order chi connectivity index (χ0) is 22.3. The van der Waals surface area contributed by atoms with E-state index in [1.807, 2.05) is 12.1 Å². The third-order valence-electron chi connectivity index (χ3n) is 6.17. The van der Waals surface area contributed by atoms with Gasteiger partial charge in [-0.3, -0.25) is 9.79 Å². The van der Waals surface area contributed by atoms with E-state index in [1.165, 1.54) is 5.56 Å². The Balaban J connectivity index is 0.00000363. The van der Waals surface area contributed by atoms with E-state index in [0.717, 1.165) is 76.5 Å². The molecule has 2 heterocycles. The smallest absolute Gasteiger partial charge is 0.220 e. The third kappa shape index (κ3) is 7.79. The van der Waals surface area contributed by atoms with Crippen LogP contribution in [-0.4, -0.2) is 55.1 Å². The number of guanidine groups is 1. The second-order valence-corrected chi connectivity index (χ2v) is 9.29. The van der Waals surface area contributed by atoms with E-state index in [1.54, 1.807) is 0 Å². The molecule has 4 N–H and O–H groups in total. The summed E-state index contributed by atoms with van der Waals surface area (Å²) in [7, 11) is 0. The molecule has 0 saturated carbocycles. The highest BCUT2D eigenvalue weighted by Gasteiger charge is 2.34. The lowest BCUT2D eigenvalue weighted by Crippen LogP contribution is -2.45. The molecular formula is C24H40IN5O2. The second kappa shape index (κ2) is 12.6. The van der Waals surface area contributed by atoms with Crippen molar-refractivity contribution in [2.45, 2.75) is 64.5 Å². The number of halogens is 1. The van der Waals surface area contributed by atoms with Gasteiger partial charge in [0.2, 0.25) is 5.91 Å². The number of likely N-dealkylation sites (tertiary alicyclic amines) is 1. The third-order valence-corrected chi connectivity index (χ3v) is 6.17. The number of amides is 1. The molecule has 1 aromatic carbocycles. The first-order valence-electron chi connectivity index (χ1n) is 11.7. The van der Waals surface area contributed by atoms with Crippen LogP contribution in [0.1, 0.15) is 64.5 Å². The number of fused-ring (bicyclic) bond motifs is 1. The van der Waals surface area contributed by atoms with E-state index in [9.17, 15) is 4.79 Å². The fourth-order valence-corrected chi connectivity index (χ4v) is 4.50. The van der Waals surface area contributed by atoms with Crippen molar-refractivity contribution in [1.82, 2.24) is 15.5 Å². The number of hydrogen-bond acceptors (Lipinski definition) is 4. The molecule has 0 aliphatic carbocycles. The van der Waals surface area contributed by atoms with Crippen molar-refractivity contribution in [2.75, 3.05) is 32.7 Å². The first-order chi connectivity index (χ1) is 14.9. The van der Waals surface area contributed by atoms with Crippen LogP contribution in [0.2, 0.25) is 0 Å². The monoisotopic (exact) mass is 557 g/mol. The number of unbranched alkanes of at least 4 members (excludes halogenated alkanes) is 1. The molecule has 0 aromatic heterocycles. The summed E-state index contributed by atoms with van der Waals surface area (Å²) < 4.78 is 6.15. The highest BCUT2D eigenvalue weighted by molar-refractivity contribution is 14.0. The number of rotatable bonds is 8. The fraction of sp³-hybridized carbons (Fsp3) is 0.667. The van der Waals surface area contributed by atoms with Crippen molar-refractivity contribution in [2.24, 2.45) is 16.6 Å². The summed E-state index contributed by atoms with van der Waals surface area (Å²) in [5.74, 6) is 1.73. The van der Waals surface area contributed by atoms with Gasteiger partial charge in [0.15, 0.2) is 5.96 Å². The van der Waals surface area contributed by atoms with E-state index in [2.05, 4.69) is 48.4 Å². The van der Waals surface area contributed by atoms with Gasteiger partial charge < -0.3 is 26.0 Å². The Bertz CT molecular complexity index is 763. The van der Waals surface area contributed by atoms with E-state index in [-0.39, 0.29) is 47.4 Å². The van der Waals surface area contributed by atoms with Gasteiger partial charge in [0.1, 0.15) is 11.4 Å². The van der Waals surface area contributed by atoms with Gasteiger partial charge in [-0.25, -0.2) is 0 Å². The molecule has 8 heteroatoms. The number of nitrogens with two attached hydrogens (primary N) is 1. The van der Waals surface area contributed by atoms with Crippen LogP contribution in [0.25, 0.3) is 0 Å². The van der Waals surface area contributed by atoms with Gasteiger partial charge in [0.05, 0.1) is 6.04 Å². The molecule has 1 atom stereocenters. The SMILES string of the molecule is CCNC(=NCCCCN1CCC(C(N)=O)CC1)NC1CC(C)(C)Oc2ccccc21.I. The predicted octanol–water partition coefficient (Wildman–Crippen LogP) is 3.44. The van der Waals surface area contributed by atoms with Crippen LogP contribution in [-0.2, 0) is 4.79 Å². The normalized spacial score (nSPS) is 21.1. The van der Waals surface area contributed by atoms with Crippen molar-refractivity contribution in [3.8, 4) is 5.75 Å². The van der Waals surface area contributed by atoms with Crippen molar-refractivity contribution in [3.63, 3.8) is 0 Å². The number of benzene rings is 1. The molecule has 0 radical (unpaired) electrons. The Morgan fingerprint density at radius 1 is 1.25 bits per heavy atom. The number of carbonyl (C=O) groups is 1. The Morgan fingerprint density at radius 2 is 1.97 bits per heavy atom. The number of aliphatic imine (C=N–C) groups is 1. The summed E-state index contributed by atoms with van der Waals surface area (Å²) in [4.78, 5) is 18.6. The van der Waals surface area contributed by atoms with Gasteiger partial charge in [-0.05, 0) is 72.2 Å². The summed E-state index contributed by atoms with van der Waals surface area (Å²) >= 11 is 0. The van der Waals surface area contributed by atoms with Gasteiger partial charge in [-0.15, -0.1) is 24.0 Å². The Morgan fingerprint density at radius 3 is 2.66 bits per heavy atom. The second-order valence-electron chi connectivity index (χ2n) is 9.29. The minimum absolute atomic E-state index is 0. The van der Waals surface area contributed by atoms with Crippen molar-refractivity contribution >= 4 is 35.8 Å². The summed E-state index contributed by atoms with van der Waals surface area (Å²) in [5.41, 5.74) is 6.39. The molecule has 0 bridgehead atoms. The number of ether oxygens (including phenoxy) is 1. The van der Waals surface area contributed by atoms with E-state index in [4.69, 9.17) is 15.5 Å². The Labute approximate surface area is 210 Å². The number of nitrogens with one attached hydrogen (secondary N) is 2. The Kier molecular flexibility index (Phi) is 10.5. The molecule has 0 spiro atoms. The summed E-state index contributed by atoms with van der Waals surface area (Å²) in [5, 5.41) is 7.02. The molecule has 1 fully saturated rings. The number of primary amides is 1. The molecule has 1 amide bonds. The first kappa shape index (κ1) is 26.7. The Hall–Kier alpha value is -1.55. The van der Waals surface area contributed by atoms with Crippen LogP contribution < -0.4 is 21.1 Å². The van der Waals surface area contributed by atoms with Crippen LogP contribution in [0.4, 0.5) is 0 Å². The number of carbonyl (C=O) groups excluding carboxylic acids is 1. The van der Waals surface area contributed by atoms with Crippen molar-refractivity contribution < 1.29 is 9.53 Å². The molecule has 2 aliphatic rings. The zero-order valence-electron chi connectivity index (χ0n) is 19.7. The maximum absolute atomic E-state index is 11.3. The van der Waals surface area contributed by atoms with Crippen molar-refractivity contribution in [3.05, 3.63) is 29.8 Å². The lowest BCUT2D eigenvalue weighted by Gasteiger charge is -2.38. The van der Waals surface area contributed by atoms with Crippen LogP contribution in [0.15, 0.2) is 29.3 Å². The number of piperidine rings is 1. The van der Waals surface area contributed by atoms with E-state index < -0.39 is 0 Å². The van der Waals surface area contributed by atoms with Crippen LogP contribution >= 0.6 is 24.0 Å². The van der Waals surface area contributed by atoms with Gasteiger partial charge in [-0.2, -0.15) is 0 Å². The molecule has 180 valence electrons. The van der Waals surface area contributed by atoms with Crippen LogP contribution in [0.5, 0.6) is 5.75 Å². The summed E-state index contributed by atoms with van der Waals surface area (Å²) in [6.45, 7) is 11.0. The topological polar surface area (TPSA) is 92.0 Å². The quantitative estimate of drug-likeness (QED) is 0.197. The molecular weight excluding hydrogens is 517 g/mol. The lowest BCUT2D eigenvalue weighted by molar-refractivity contribution is -0.123. The van der Waals surface area contributed by atoms with Crippen LogP contribution in [0, 0.1) is 5.92 Å². The molecule has 32 heavy (non-hydrogen) atoms. The molecule has 1 saturated heterocycles. The average Bonchev–Trinajstić information content (AvgIpc) is 2.73. The standard InChI is InChI=1S/C24H39N5O2.HI/c1-4-26-23(27-13-7-8-14-29-15-11-18(12-16-29)22(25)30)28-20-17-24(2,3)31-21-10-6-5-9-19(20)21;/h5-6,9-10,18,20H,4,7-8,11-17H2,1-3H3,(H2,25,30)(H2,26,27,28);1H. The van der Waals surface area contributed by atoms with Gasteiger partial charge in [0, 0.05) is 31.0 Å². The predicted molar refractivity (Wildman–Crippen MR) is 141 cm³/mol. The van der Waals surface area contributed by atoms with E-state index >= 15 is 0 Å². The molecule has 7 nitrogen and oxygen atoms in total. The first-order valence-corrected chi connectivity index (χ1v) is 11.7. The summed E-state index contributed by atoms with van der Waals surface area (Å²) in [6.07, 6.45) is 4.82. The maximum Gasteiger partial charge on any atom is 0.220 e. The molecule has 3 rings (SSSR count). The minimum atomic E-state index is -0.217. The lowest BCUT2D eigenvalue weighted by atomic mass is 9.90. The number of para-hydroxylation sites is 1. The molecule has 1 aromatic rings. The fourth-order valence-electron chi connectivity index (χ4n) is 4.50. The summed E-state index contributed by atoms with van der Waals surface area (Å²) in [6, 6.07) is 8.43. The molecule has 1 unspecified atom stereocenters. The zero-order valence-corrected chi connectivity index (χ0v) is 22.1. The average molecular weight is 558 g/mol. The maximum atomic E-state index is 11.3. The molecule has 2 aliphatic heterocycles. The number of hydrogen-bond donors (Lipinski definition) is 3. The van der Waals surface area contributed by atoms with Gasteiger partial charge in [0.25, 0.3) is 0 Å². The largest absolute Gasteiger partial charge is 0.487 e. The van der Waals surface area contributed by atoms with Gasteiger partial charge in [-0.1, -0.05) is 18.2 Å². The highest BCUT2D eigenvalue weighted by atomic mass is 127. The minimum Gasteiger partial charge on any atom is -0.487 e. The van der Waals surface area contributed by atoms with Crippen LogP contribution in [0.3, 0.4) is 0 Å². The van der Waals surface area contributed by atoms with Crippen molar-refractivity contribution in [1.29, 1.82) is 0 Å². The van der Waals surface area contributed by atoms with Gasteiger partial charge >= 0.3 is 0 Å². The highest BCUT2D eigenvalue weighted by Crippen LogP contribution is 2.39. The van der Waals surface area contributed by atoms with E-state index in [0.29, 0.717) is 0 Å². The number of nitrogens with zero attached hydrogens (tertiary/aromatic N) is 2.